The van der Waals surface area contributed by atoms with Crippen LogP contribution in [0, 0.1) is 5.92 Å². The van der Waals surface area contributed by atoms with Crippen molar-refractivity contribution in [2.75, 3.05) is 19.6 Å². The lowest BCUT2D eigenvalue weighted by Gasteiger charge is -2.29. The molecule has 3 amide bonds. The van der Waals surface area contributed by atoms with Gasteiger partial charge in [-0.05, 0) is 76.5 Å². The first-order valence-electron chi connectivity index (χ1n) is 13.3. The molecular formula is C27H36F3N3O7. The number of carbonyl (C=O) groups is 4. The number of nitrogens with one attached hydrogen (secondary N) is 1. The van der Waals surface area contributed by atoms with Crippen LogP contribution in [0.25, 0.3) is 0 Å². The summed E-state index contributed by atoms with van der Waals surface area (Å²) < 4.78 is 46.5. The number of carbonyl (C=O) groups excluding carboxylic acids is 3. The second-order valence-electron chi connectivity index (χ2n) is 11.2. The van der Waals surface area contributed by atoms with Crippen LogP contribution >= 0.6 is 0 Å². The van der Waals surface area contributed by atoms with E-state index in [0.29, 0.717) is 25.1 Å². The van der Waals surface area contributed by atoms with Gasteiger partial charge >= 0.3 is 18.4 Å². The average Bonchev–Trinajstić information content (AvgIpc) is 3.51. The first-order chi connectivity index (χ1) is 18.6. The van der Waals surface area contributed by atoms with Crippen molar-refractivity contribution in [1.82, 2.24) is 15.1 Å². The summed E-state index contributed by atoms with van der Waals surface area (Å²) in [6.07, 6.45) is -3.47. The first kappa shape index (κ1) is 31.0. The molecule has 2 aliphatic heterocycles. The fourth-order valence-electron chi connectivity index (χ4n) is 5.01. The van der Waals surface area contributed by atoms with Crippen molar-refractivity contribution in [1.29, 1.82) is 0 Å². The van der Waals surface area contributed by atoms with Crippen molar-refractivity contribution in [3.05, 3.63) is 29.8 Å². The van der Waals surface area contributed by atoms with Crippen molar-refractivity contribution in [3.8, 4) is 5.75 Å². The molecule has 0 radical (unpaired) electrons. The van der Waals surface area contributed by atoms with Gasteiger partial charge in [-0.1, -0.05) is 12.1 Å². The van der Waals surface area contributed by atoms with Gasteiger partial charge in [-0.25, -0.2) is 9.59 Å². The summed E-state index contributed by atoms with van der Waals surface area (Å²) in [6, 6.07) is 2.92. The van der Waals surface area contributed by atoms with Gasteiger partial charge < -0.3 is 29.7 Å². The van der Waals surface area contributed by atoms with Crippen molar-refractivity contribution >= 4 is 23.9 Å². The number of alkyl halides is 3. The minimum absolute atomic E-state index is 0.00639. The Labute approximate surface area is 230 Å². The molecule has 1 aromatic rings. The van der Waals surface area contributed by atoms with E-state index in [1.807, 2.05) is 0 Å². The van der Waals surface area contributed by atoms with E-state index in [2.05, 4.69) is 10.1 Å². The van der Waals surface area contributed by atoms with Gasteiger partial charge in [-0.2, -0.15) is 0 Å². The smallest absolute Gasteiger partial charge is 0.480 e. The number of aliphatic carboxylic acids is 1. The summed E-state index contributed by atoms with van der Waals surface area (Å²) in [4.78, 5) is 53.7. The van der Waals surface area contributed by atoms with E-state index < -0.39 is 42.0 Å². The van der Waals surface area contributed by atoms with Crippen LogP contribution in [0.5, 0.6) is 5.75 Å². The van der Waals surface area contributed by atoms with Crippen LogP contribution in [-0.4, -0.2) is 82.5 Å². The molecule has 0 aliphatic carbocycles. The van der Waals surface area contributed by atoms with Crippen LogP contribution in [0.4, 0.5) is 18.0 Å². The number of alkyl carbamates (subject to hydrolysis) is 1. The number of hydrogen-bond donors (Lipinski definition) is 2. The number of hydrogen-bond acceptors (Lipinski definition) is 6. The molecule has 40 heavy (non-hydrogen) atoms. The summed E-state index contributed by atoms with van der Waals surface area (Å²) in [5.74, 6) is -2.67. The number of rotatable bonds is 9. The molecule has 3 rings (SSSR count). The van der Waals surface area contributed by atoms with Gasteiger partial charge in [0, 0.05) is 26.1 Å². The highest BCUT2D eigenvalue weighted by molar-refractivity contribution is 5.90. The number of likely N-dealkylation sites (tertiary alicyclic amines) is 2. The number of nitrogens with zero attached hydrogens (tertiary/aromatic N) is 2. The molecule has 10 nitrogen and oxygen atoms in total. The van der Waals surface area contributed by atoms with Crippen LogP contribution in [0.3, 0.4) is 0 Å². The summed E-state index contributed by atoms with van der Waals surface area (Å²) in [5, 5.41) is 12.4. The van der Waals surface area contributed by atoms with Gasteiger partial charge in [0.25, 0.3) is 0 Å². The third-order valence-corrected chi connectivity index (χ3v) is 6.73. The Balaban J connectivity index is 1.71. The molecule has 1 aromatic carbocycles. The lowest BCUT2D eigenvalue weighted by atomic mass is 9.97. The minimum Gasteiger partial charge on any atom is -0.480 e. The molecule has 3 atom stereocenters. The molecule has 2 heterocycles. The zero-order valence-electron chi connectivity index (χ0n) is 22.8. The Morgan fingerprint density at radius 3 is 2.25 bits per heavy atom. The summed E-state index contributed by atoms with van der Waals surface area (Å²) in [6.45, 7) is 6.31. The summed E-state index contributed by atoms with van der Waals surface area (Å²) >= 11 is 0. The highest BCUT2D eigenvalue weighted by Gasteiger charge is 2.42. The fourth-order valence-corrected chi connectivity index (χ4v) is 5.01. The number of halogens is 3. The molecule has 0 saturated carbocycles. The molecule has 13 heteroatoms. The maximum Gasteiger partial charge on any atom is 0.573 e. The van der Waals surface area contributed by atoms with Crippen molar-refractivity contribution in [2.45, 2.75) is 83.3 Å². The van der Waals surface area contributed by atoms with Crippen LogP contribution in [0.2, 0.25) is 0 Å². The van der Waals surface area contributed by atoms with E-state index in [0.717, 1.165) is 12.8 Å². The van der Waals surface area contributed by atoms with Crippen LogP contribution in [0.15, 0.2) is 24.3 Å². The lowest BCUT2D eigenvalue weighted by molar-refractivity contribution is -0.274. The number of carboxylic acid groups (broad SMARTS) is 1. The molecule has 2 saturated heterocycles. The molecule has 2 N–H and O–H groups in total. The van der Waals surface area contributed by atoms with E-state index in [4.69, 9.17) is 4.74 Å². The first-order valence-corrected chi connectivity index (χ1v) is 13.3. The maximum absolute atomic E-state index is 13.6. The van der Waals surface area contributed by atoms with Crippen LogP contribution in [-0.2, 0) is 25.5 Å². The largest absolute Gasteiger partial charge is 0.573 e. The Bertz CT molecular complexity index is 1070. The predicted octanol–water partition coefficient (Wildman–Crippen LogP) is 3.73. The SMILES string of the molecule is CC(C)(C)OC(=O)N[C@H](CCC(=O)N1CCCC1)C(=O)N1CC(Cc2ccc(OC(F)(F)F)cc2)C[C@H]1C(=O)O. The van der Waals surface area contributed by atoms with Gasteiger partial charge in [0.2, 0.25) is 11.8 Å². The number of carboxylic acids is 1. The molecule has 0 spiro atoms. The molecule has 1 unspecified atom stereocenters. The quantitative estimate of drug-likeness (QED) is 0.463. The number of amides is 3. The zero-order valence-corrected chi connectivity index (χ0v) is 22.8. The Morgan fingerprint density at radius 2 is 1.70 bits per heavy atom. The van der Waals surface area contributed by atoms with Crippen LogP contribution < -0.4 is 10.1 Å². The Hall–Kier alpha value is -3.51. The normalized spacial score (nSPS) is 20.2. The number of ether oxygens (including phenoxy) is 2. The van der Waals surface area contributed by atoms with Crippen LogP contribution in [0.1, 0.15) is 58.4 Å². The lowest BCUT2D eigenvalue weighted by Crippen LogP contribution is -2.52. The van der Waals surface area contributed by atoms with Gasteiger partial charge in [0.05, 0.1) is 0 Å². The second kappa shape index (κ2) is 12.8. The number of benzene rings is 1. The summed E-state index contributed by atoms with van der Waals surface area (Å²) in [5.41, 5.74) is -0.191. The molecule has 0 bridgehead atoms. The Morgan fingerprint density at radius 1 is 1.07 bits per heavy atom. The zero-order chi connectivity index (χ0) is 29.7. The van der Waals surface area contributed by atoms with E-state index >= 15 is 0 Å². The highest BCUT2D eigenvalue weighted by atomic mass is 19.4. The molecule has 2 fully saturated rings. The molecule has 0 aromatic heterocycles. The van der Waals surface area contributed by atoms with E-state index in [1.165, 1.54) is 29.2 Å². The monoisotopic (exact) mass is 571 g/mol. The third-order valence-electron chi connectivity index (χ3n) is 6.73. The third kappa shape index (κ3) is 9.30. The van der Waals surface area contributed by atoms with Crippen molar-refractivity contribution in [2.24, 2.45) is 5.92 Å². The maximum atomic E-state index is 13.6. The topological polar surface area (TPSA) is 125 Å². The van der Waals surface area contributed by atoms with E-state index in [9.17, 15) is 37.5 Å². The average molecular weight is 572 g/mol. The van der Waals surface area contributed by atoms with Gasteiger partial charge in [0.15, 0.2) is 0 Å². The molecule has 2 aliphatic rings. The summed E-state index contributed by atoms with van der Waals surface area (Å²) in [7, 11) is 0. The van der Waals surface area contributed by atoms with Gasteiger partial charge in [0.1, 0.15) is 23.4 Å². The van der Waals surface area contributed by atoms with E-state index in [-0.39, 0.29) is 43.4 Å². The van der Waals surface area contributed by atoms with Gasteiger partial charge in [-0.3, -0.25) is 9.59 Å². The van der Waals surface area contributed by atoms with Gasteiger partial charge in [-0.15, -0.1) is 13.2 Å². The molecule has 222 valence electrons. The van der Waals surface area contributed by atoms with Crippen molar-refractivity contribution in [3.63, 3.8) is 0 Å². The predicted molar refractivity (Wildman–Crippen MR) is 136 cm³/mol. The fraction of sp³-hybridized carbons (Fsp3) is 0.630. The standard InChI is InChI=1S/C27H36F3N3O7/c1-26(2,3)40-25(38)31-20(10-11-22(34)32-12-4-5-13-32)23(35)33-16-18(15-21(33)24(36)37)14-17-6-8-19(9-7-17)39-27(28,29)30/h6-9,18,20-21H,4-5,10-16H2,1-3H3,(H,31,38)(H,36,37)/t18?,20-,21+/m1/s1. The molecular weight excluding hydrogens is 535 g/mol. The van der Waals surface area contributed by atoms with Crippen molar-refractivity contribution < 1.29 is 46.9 Å². The van der Waals surface area contributed by atoms with E-state index in [1.54, 1.807) is 25.7 Å². The highest BCUT2D eigenvalue weighted by Crippen LogP contribution is 2.29. The Kier molecular flexibility index (Phi) is 9.91. The minimum atomic E-state index is -4.81. The second-order valence-corrected chi connectivity index (χ2v) is 11.2.